The quantitative estimate of drug-likeness (QED) is 0.532. The second-order valence-electron chi connectivity index (χ2n) is 8.11. The van der Waals surface area contributed by atoms with Crippen LogP contribution >= 0.6 is 11.8 Å². The van der Waals surface area contributed by atoms with E-state index < -0.39 is 0 Å². The normalized spacial score (nSPS) is 14.5. The van der Waals surface area contributed by atoms with Gasteiger partial charge in [-0.25, -0.2) is 0 Å². The molecular weight excluding hydrogens is 392 g/mol. The molecule has 6 heteroatoms. The standard InChI is InChI=1S/C24H28N4OS/c1-16-9-10-21(13-17(16)2)18(3)25-22(29)15-30-24-27-26-23(20-11-12-20)28(24)14-19-7-5-4-6-8-19/h4-10,13,18,20H,11-12,14-15H2,1-3H3,(H,25,29). The molecule has 1 N–H and O–H groups in total. The van der Waals surface area contributed by atoms with Gasteiger partial charge in [0.15, 0.2) is 5.16 Å². The molecule has 1 aliphatic carbocycles. The number of nitrogens with one attached hydrogen (secondary N) is 1. The van der Waals surface area contributed by atoms with Crippen LogP contribution in [0.25, 0.3) is 0 Å². The van der Waals surface area contributed by atoms with Crippen LogP contribution in [0.4, 0.5) is 0 Å². The zero-order valence-electron chi connectivity index (χ0n) is 17.8. The highest BCUT2D eigenvalue weighted by molar-refractivity contribution is 7.99. The van der Waals surface area contributed by atoms with E-state index in [9.17, 15) is 4.79 Å². The molecule has 1 amide bonds. The number of aromatic nitrogens is 3. The molecule has 30 heavy (non-hydrogen) atoms. The maximum atomic E-state index is 12.6. The summed E-state index contributed by atoms with van der Waals surface area (Å²) in [6.45, 7) is 6.96. The third kappa shape index (κ3) is 4.93. The first-order valence-corrected chi connectivity index (χ1v) is 11.5. The lowest BCUT2D eigenvalue weighted by molar-refractivity contribution is -0.119. The molecule has 5 nitrogen and oxygen atoms in total. The summed E-state index contributed by atoms with van der Waals surface area (Å²) in [6, 6.07) is 16.6. The maximum Gasteiger partial charge on any atom is 0.230 e. The van der Waals surface area contributed by atoms with Crippen molar-refractivity contribution >= 4 is 17.7 Å². The van der Waals surface area contributed by atoms with Gasteiger partial charge in [0.1, 0.15) is 5.82 Å². The van der Waals surface area contributed by atoms with Gasteiger partial charge < -0.3 is 9.88 Å². The van der Waals surface area contributed by atoms with Gasteiger partial charge in [0.2, 0.25) is 5.91 Å². The van der Waals surface area contributed by atoms with Crippen molar-refractivity contribution in [3.63, 3.8) is 0 Å². The highest BCUT2D eigenvalue weighted by atomic mass is 32.2. The van der Waals surface area contributed by atoms with Gasteiger partial charge in [-0.05, 0) is 55.9 Å². The minimum absolute atomic E-state index is 0.00737. The molecule has 0 spiro atoms. The van der Waals surface area contributed by atoms with Crippen LogP contribution in [0.2, 0.25) is 0 Å². The summed E-state index contributed by atoms with van der Waals surface area (Å²) >= 11 is 1.46. The summed E-state index contributed by atoms with van der Waals surface area (Å²) in [6.07, 6.45) is 2.34. The molecule has 1 aliphatic rings. The van der Waals surface area contributed by atoms with E-state index in [0.717, 1.165) is 23.1 Å². The molecule has 0 bridgehead atoms. The van der Waals surface area contributed by atoms with Gasteiger partial charge in [-0.3, -0.25) is 4.79 Å². The number of hydrogen-bond donors (Lipinski definition) is 1. The highest BCUT2D eigenvalue weighted by Crippen LogP contribution is 2.40. The summed E-state index contributed by atoms with van der Waals surface area (Å²) < 4.78 is 2.18. The van der Waals surface area contributed by atoms with Crippen molar-refractivity contribution in [2.45, 2.75) is 57.3 Å². The summed E-state index contributed by atoms with van der Waals surface area (Å²) in [4.78, 5) is 12.6. The van der Waals surface area contributed by atoms with Crippen molar-refractivity contribution in [3.8, 4) is 0 Å². The van der Waals surface area contributed by atoms with Gasteiger partial charge >= 0.3 is 0 Å². The van der Waals surface area contributed by atoms with Gasteiger partial charge in [-0.15, -0.1) is 10.2 Å². The minimum Gasteiger partial charge on any atom is -0.349 e. The van der Waals surface area contributed by atoms with Crippen molar-refractivity contribution < 1.29 is 4.79 Å². The first-order chi connectivity index (χ1) is 14.5. The van der Waals surface area contributed by atoms with Crippen LogP contribution in [0.1, 0.15) is 59.8 Å². The van der Waals surface area contributed by atoms with Crippen molar-refractivity contribution in [1.29, 1.82) is 0 Å². The Bertz CT molecular complexity index is 1030. The minimum atomic E-state index is -0.0263. The number of carbonyl (C=O) groups excluding carboxylic acids is 1. The van der Waals surface area contributed by atoms with Gasteiger partial charge in [-0.2, -0.15) is 0 Å². The Balaban J connectivity index is 1.40. The fraction of sp³-hybridized carbons (Fsp3) is 0.375. The molecule has 0 radical (unpaired) electrons. The average molecular weight is 421 g/mol. The first kappa shape index (κ1) is 20.7. The molecule has 4 rings (SSSR count). The van der Waals surface area contributed by atoms with E-state index in [2.05, 4.69) is 64.3 Å². The van der Waals surface area contributed by atoms with Crippen LogP contribution < -0.4 is 5.32 Å². The molecule has 1 aromatic heterocycles. The smallest absolute Gasteiger partial charge is 0.230 e. The van der Waals surface area contributed by atoms with Crippen LogP contribution in [-0.4, -0.2) is 26.4 Å². The lowest BCUT2D eigenvalue weighted by atomic mass is 10.0. The third-order valence-corrected chi connectivity index (χ3v) is 6.58. The van der Waals surface area contributed by atoms with Gasteiger partial charge in [-0.1, -0.05) is 60.3 Å². The van der Waals surface area contributed by atoms with E-state index in [1.165, 1.54) is 41.3 Å². The Morgan fingerprint density at radius 2 is 1.90 bits per heavy atom. The Morgan fingerprint density at radius 3 is 2.60 bits per heavy atom. The zero-order valence-corrected chi connectivity index (χ0v) is 18.6. The van der Waals surface area contributed by atoms with Crippen molar-refractivity contribution in [2.75, 3.05) is 5.75 Å². The number of amides is 1. The number of nitrogens with zero attached hydrogens (tertiary/aromatic N) is 3. The van der Waals surface area contributed by atoms with E-state index >= 15 is 0 Å². The number of benzene rings is 2. The van der Waals surface area contributed by atoms with E-state index in [1.807, 2.05) is 25.1 Å². The SMILES string of the molecule is Cc1ccc(C(C)NC(=O)CSc2nnc(C3CC3)n2Cc2ccccc2)cc1C. The van der Waals surface area contributed by atoms with E-state index in [-0.39, 0.29) is 11.9 Å². The summed E-state index contributed by atoms with van der Waals surface area (Å²) in [5.74, 6) is 1.89. The highest BCUT2D eigenvalue weighted by Gasteiger charge is 2.30. The lowest BCUT2D eigenvalue weighted by Crippen LogP contribution is -2.28. The van der Waals surface area contributed by atoms with Crippen LogP contribution in [0.3, 0.4) is 0 Å². The first-order valence-electron chi connectivity index (χ1n) is 10.5. The number of thioether (sulfide) groups is 1. The van der Waals surface area contributed by atoms with Crippen LogP contribution in [0.5, 0.6) is 0 Å². The average Bonchev–Trinajstić information content (AvgIpc) is 3.51. The second-order valence-corrected chi connectivity index (χ2v) is 9.05. The molecule has 0 aliphatic heterocycles. The molecule has 156 valence electrons. The molecular formula is C24H28N4OS. The van der Waals surface area contributed by atoms with Crippen LogP contribution in [-0.2, 0) is 11.3 Å². The predicted molar refractivity (Wildman–Crippen MR) is 121 cm³/mol. The summed E-state index contributed by atoms with van der Waals surface area (Å²) in [5, 5.41) is 12.8. The maximum absolute atomic E-state index is 12.6. The molecule has 1 atom stereocenters. The second kappa shape index (κ2) is 9.04. The Hall–Kier alpha value is -2.60. The van der Waals surface area contributed by atoms with E-state index in [0.29, 0.717) is 11.7 Å². The van der Waals surface area contributed by atoms with Crippen molar-refractivity contribution in [2.24, 2.45) is 0 Å². The van der Waals surface area contributed by atoms with Crippen LogP contribution in [0, 0.1) is 13.8 Å². The topological polar surface area (TPSA) is 59.8 Å². The summed E-state index contributed by atoms with van der Waals surface area (Å²) in [7, 11) is 0. The fourth-order valence-corrected chi connectivity index (χ4v) is 4.25. The van der Waals surface area contributed by atoms with E-state index in [1.54, 1.807) is 0 Å². The number of aryl methyl sites for hydroxylation is 2. The van der Waals surface area contributed by atoms with Gasteiger partial charge in [0.05, 0.1) is 18.3 Å². The Labute approximate surface area is 182 Å². The zero-order chi connectivity index (χ0) is 21.1. The van der Waals surface area contributed by atoms with E-state index in [4.69, 9.17) is 0 Å². The lowest BCUT2D eigenvalue weighted by Gasteiger charge is -2.16. The number of rotatable bonds is 8. The number of carbonyl (C=O) groups is 1. The fourth-order valence-electron chi connectivity index (χ4n) is 3.50. The molecule has 1 fully saturated rings. The predicted octanol–water partition coefficient (Wildman–Crippen LogP) is 4.79. The number of hydrogen-bond acceptors (Lipinski definition) is 4. The Morgan fingerprint density at radius 1 is 1.13 bits per heavy atom. The molecule has 1 unspecified atom stereocenters. The molecule has 0 saturated heterocycles. The summed E-state index contributed by atoms with van der Waals surface area (Å²) in [5.41, 5.74) is 4.84. The van der Waals surface area contributed by atoms with Crippen LogP contribution in [0.15, 0.2) is 53.7 Å². The molecule has 3 aromatic rings. The molecule has 1 saturated carbocycles. The monoisotopic (exact) mass is 420 g/mol. The van der Waals surface area contributed by atoms with Crippen molar-refractivity contribution in [3.05, 3.63) is 76.6 Å². The Kier molecular flexibility index (Phi) is 6.23. The van der Waals surface area contributed by atoms with Gasteiger partial charge in [0, 0.05) is 5.92 Å². The molecule has 1 heterocycles. The van der Waals surface area contributed by atoms with Gasteiger partial charge in [0.25, 0.3) is 0 Å². The largest absolute Gasteiger partial charge is 0.349 e. The van der Waals surface area contributed by atoms with Crippen molar-refractivity contribution in [1.82, 2.24) is 20.1 Å². The molecule has 2 aromatic carbocycles. The third-order valence-electron chi connectivity index (χ3n) is 5.61.